The van der Waals surface area contributed by atoms with Crippen molar-refractivity contribution in [1.29, 1.82) is 0 Å². The van der Waals surface area contributed by atoms with Crippen LogP contribution in [0.1, 0.15) is 10.5 Å². The van der Waals surface area contributed by atoms with Crippen LogP contribution in [0.5, 0.6) is 0 Å². The van der Waals surface area contributed by atoms with Gasteiger partial charge in [0.05, 0.1) is 15.7 Å². The topological polar surface area (TPSA) is 79.5 Å². The van der Waals surface area contributed by atoms with Gasteiger partial charge in [0.1, 0.15) is 17.2 Å². The summed E-state index contributed by atoms with van der Waals surface area (Å²) in [5.74, 6) is -0.359. The van der Waals surface area contributed by atoms with Crippen LogP contribution in [0.15, 0.2) is 61.1 Å². The molecular weight excluding hydrogens is 387 g/mol. The molecule has 4 rings (SSSR count). The van der Waals surface area contributed by atoms with E-state index in [-0.39, 0.29) is 5.69 Å². The lowest BCUT2D eigenvalue weighted by Gasteiger charge is -2.10. The second-order valence-corrected chi connectivity index (χ2v) is 6.53. The number of halogens is 2. The number of para-hydroxylation sites is 1. The summed E-state index contributed by atoms with van der Waals surface area (Å²) in [5.41, 5.74) is 2.81. The first-order valence-corrected chi connectivity index (χ1v) is 8.67. The Balaban J connectivity index is 1.83. The van der Waals surface area contributed by atoms with Gasteiger partial charge in [-0.1, -0.05) is 35.3 Å². The quantitative estimate of drug-likeness (QED) is 0.497. The number of aromatic nitrogens is 3. The number of anilines is 2. The molecular formula is C19H12Cl2N4O2. The minimum atomic E-state index is -1.07. The number of rotatable bonds is 4. The zero-order valence-electron chi connectivity index (χ0n) is 13.7. The molecule has 0 saturated carbocycles. The molecule has 0 aliphatic rings. The predicted octanol–water partition coefficient (Wildman–Crippen LogP) is 5.14. The van der Waals surface area contributed by atoms with Gasteiger partial charge >= 0.3 is 5.97 Å². The van der Waals surface area contributed by atoms with Crippen molar-refractivity contribution in [2.24, 2.45) is 0 Å². The number of nitrogens with one attached hydrogen (secondary N) is 1. The van der Waals surface area contributed by atoms with Gasteiger partial charge in [0, 0.05) is 29.7 Å². The van der Waals surface area contributed by atoms with Crippen LogP contribution in [0.3, 0.4) is 0 Å². The Morgan fingerprint density at radius 1 is 1.07 bits per heavy atom. The number of carbonyl (C=O) groups is 1. The first-order valence-electron chi connectivity index (χ1n) is 7.91. The standard InChI is InChI=1S/C19H12Cl2N4O2/c20-13-3-1-4-14(21)17(13)24-16-9-12(18-22-7-2-8-25(16)18)11-5-6-15(19(26)27)23-10-11/h1-10,24H,(H,26,27). The van der Waals surface area contributed by atoms with E-state index in [2.05, 4.69) is 15.3 Å². The maximum absolute atomic E-state index is 11.0. The zero-order valence-corrected chi connectivity index (χ0v) is 15.2. The van der Waals surface area contributed by atoms with Crippen molar-refractivity contribution in [2.75, 3.05) is 5.32 Å². The summed E-state index contributed by atoms with van der Waals surface area (Å²) in [6.07, 6.45) is 5.06. The molecule has 0 aliphatic heterocycles. The van der Waals surface area contributed by atoms with Crippen LogP contribution in [0, 0.1) is 0 Å². The molecule has 0 radical (unpaired) electrons. The fraction of sp³-hybridized carbons (Fsp3) is 0. The third kappa shape index (κ3) is 3.20. The summed E-state index contributed by atoms with van der Waals surface area (Å²) in [6, 6.07) is 12.1. The number of aromatic carboxylic acids is 1. The molecule has 0 bridgehead atoms. The molecule has 0 saturated heterocycles. The molecule has 6 nitrogen and oxygen atoms in total. The van der Waals surface area contributed by atoms with Crippen molar-refractivity contribution in [3.05, 3.63) is 76.8 Å². The van der Waals surface area contributed by atoms with Crippen LogP contribution in [-0.2, 0) is 0 Å². The van der Waals surface area contributed by atoms with Crippen molar-refractivity contribution in [3.63, 3.8) is 0 Å². The number of hydrogen-bond donors (Lipinski definition) is 2. The Kier molecular flexibility index (Phi) is 4.43. The van der Waals surface area contributed by atoms with Gasteiger partial charge in [0.25, 0.3) is 0 Å². The van der Waals surface area contributed by atoms with Crippen molar-refractivity contribution >= 4 is 46.3 Å². The lowest BCUT2D eigenvalue weighted by Crippen LogP contribution is -1.99. The Bertz CT molecular complexity index is 1140. The average Bonchev–Trinajstić information content (AvgIpc) is 3.04. The fourth-order valence-electron chi connectivity index (χ4n) is 2.77. The third-order valence-electron chi connectivity index (χ3n) is 4.04. The molecule has 1 aromatic carbocycles. The molecule has 3 aromatic heterocycles. The van der Waals surface area contributed by atoms with Crippen molar-refractivity contribution in [2.45, 2.75) is 0 Å². The minimum Gasteiger partial charge on any atom is -0.477 e. The molecule has 0 atom stereocenters. The number of fused-ring (bicyclic) bond motifs is 1. The molecule has 0 aliphatic carbocycles. The summed E-state index contributed by atoms with van der Waals surface area (Å²) in [4.78, 5) is 19.4. The van der Waals surface area contributed by atoms with Gasteiger partial charge < -0.3 is 10.4 Å². The van der Waals surface area contributed by atoms with Crippen molar-refractivity contribution in [1.82, 2.24) is 14.4 Å². The molecule has 3 heterocycles. The van der Waals surface area contributed by atoms with Crippen LogP contribution in [0.2, 0.25) is 10.0 Å². The normalized spacial score (nSPS) is 10.9. The molecule has 0 spiro atoms. The highest BCUT2D eigenvalue weighted by atomic mass is 35.5. The summed E-state index contributed by atoms with van der Waals surface area (Å²) in [7, 11) is 0. The molecule has 8 heteroatoms. The average molecular weight is 399 g/mol. The van der Waals surface area contributed by atoms with E-state index in [1.807, 2.05) is 22.7 Å². The van der Waals surface area contributed by atoms with Gasteiger partial charge in [-0.25, -0.2) is 14.8 Å². The SMILES string of the molecule is O=C(O)c1ccc(-c2cc(Nc3c(Cl)cccc3Cl)n3cccnc23)cn1. The van der Waals surface area contributed by atoms with Gasteiger partial charge in [-0.05, 0) is 30.3 Å². The lowest BCUT2D eigenvalue weighted by molar-refractivity contribution is 0.0690. The summed E-state index contributed by atoms with van der Waals surface area (Å²) < 4.78 is 1.86. The first-order chi connectivity index (χ1) is 13.0. The minimum absolute atomic E-state index is 0.0172. The summed E-state index contributed by atoms with van der Waals surface area (Å²) in [5, 5.41) is 13.3. The monoisotopic (exact) mass is 398 g/mol. The maximum atomic E-state index is 11.0. The molecule has 0 fully saturated rings. The second-order valence-electron chi connectivity index (χ2n) is 5.72. The molecule has 134 valence electrons. The number of nitrogens with zero attached hydrogens (tertiary/aromatic N) is 3. The largest absolute Gasteiger partial charge is 0.477 e. The van der Waals surface area contributed by atoms with E-state index in [9.17, 15) is 4.79 Å². The van der Waals surface area contributed by atoms with Crippen LogP contribution >= 0.6 is 23.2 Å². The van der Waals surface area contributed by atoms with Crippen LogP contribution < -0.4 is 5.32 Å². The predicted molar refractivity (Wildman–Crippen MR) is 105 cm³/mol. The van der Waals surface area contributed by atoms with E-state index in [1.165, 1.54) is 12.3 Å². The zero-order chi connectivity index (χ0) is 19.0. The fourth-order valence-corrected chi connectivity index (χ4v) is 3.26. The van der Waals surface area contributed by atoms with Gasteiger partial charge in [0.15, 0.2) is 0 Å². The molecule has 0 amide bonds. The van der Waals surface area contributed by atoms with E-state index < -0.39 is 5.97 Å². The molecule has 2 N–H and O–H groups in total. The van der Waals surface area contributed by atoms with Gasteiger partial charge in [-0.15, -0.1) is 0 Å². The van der Waals surface area contributed by atoms with Crippen LogP contribution in [0.25, 0.3) is 16.8 Å². The van der Waals surface area contributed by atoms with Gasteiger partial charge in [-0.3, -0.25) is 4.40 Å². The highest BCUT2D eigenvalue weighted by Crippen LogP contribution is 2.35. The molecule has 27 heavy (non-hydrogen) atoms. The third-order valence-corrected chi connectivity index (χ3v) is 4.67. The Labute approximate surface area is 164 Å². The number of hydrogen-bond acceptors (Lipinski definition) is 4. The first kappa shape index (κ1) is 17.3. The maximum Gasteiger partial charge on any atom is 0.354 e. The smallest absolute Gasteiger partial charge is 0.354 e. The Hall–Kier alpha value is -3.09. The number of pyridine rings is 1. The van der Waals surface area contributed by atoms with Crippen molar-refractivity contribution in [3.8, 4) is 11.1 Å². The van der Waals surface area contributed by atoms with Gasteiger partial charge in [-0.2, -0.15) is 0 Å². The van der Waals surface area contributed by atoms with E-state index >= 15 is 0 Å². The number of carboxylic acids is 1. The Morgan fingerprint density at radius 3 is 2.52 bits per heavy atom. The Morgan fingerprint density at radius 2 is 1.85 bits per heavy atom. The van der Waals surface area contributed by atoms with E-state index in [1.54, 1.807) is 30.5 Å². The van der Waals surface area contributed by atoms with E-state index in [4.69, 9.17) is 28.3 Å². The lowest BCUT2D eigenvalue weighted by atomic mass is 10.1. The number of carboxylic acid groups (broad SMARTS) is 1. The van der Waals surface area contributed by atoms with Crippen LogP contribution in [-0.4, -0.2) is 25.4 Å². The van der Waals surface area contributed by atoms with Crippen molar-refractivity contribution < 1.29 is 9.90 Å². The van der Waals surface area contributed by atoms with Crippen LogP contribution in [0.4, 0.5) is 11.5 Å². The summed E-state index contributed by atoms with van der Waals surface area (Å²) in [6.45, 7) is 0. The second kappa shape index (κ2) is 6.90. The van der Waals surface area contributed by atoms with E-state index in [0.717, 1.165) is 11.1 Å². The number of benzene rings is 1. The molecule has 0 unspecified atom stereocenters. The summed E-state index contributed by atoms with van der Waals surface area (Å²) >= 11 is 12.5. The van der Waals surface area contributed by atoms with Gasteiger partial charge in [0.2, 0.25) is 0 Å². The highest BCUT2D eigenvalue weighted by molar-refractivity contribution is 6.39. The molecule has 4 aromatic rings. The highest BCUT2D eigenvalue weighted by Gasteiger charge is 2.15. The van der Waals surface area contributed by atoms with E-state index in [0.29, 0.717) is 27.2 Å².